The van der Waals surface area contributed by atoms with Crippen molar-refractivity contribution < 1.29 is 35.3 Å². The minimum atomic E-state index is -0.203. The molecule has 1 aliphatic heterocycles. The molecule has 2 atom stereocenters. The van der Waals surface area contributed by atoms with E-state index in [9.17, 15) is 9.59 Å². The second-order valence-electron chi connectivity index (χ2n) is 5.24. The highest BCUT2D eigenvalue weighted by atomic mass is 16.6. The molecule has 0 unspecified atom stereocenters. The monoisotopic (exact) mass is 304 g/mol. The largest absolute Gasteiger partial charge is 0.463 e. The number of quaternary nitrogens is 2. The van der Waals surface area contributed by atoms with E-state index in [4.69, 9.17) is 14.2 Å². The summed E-state index contributed by atoms with van der Waals surface area (Å²) in [6.45, 7) is 2.02. The SMILES string of the molecule is [NH3+]CCCC(=O)OC[C@@H]1CC[C@@H](COC(=O)CCC[NH3+])O1. The molecule has 6 N–H and O–H groups in total. The van der Waals surface area contributed by atoms with Gasteiger partial charge in [-0.2, -0.15) is 0 Å². The predicted octanol–water partition coefficient (Wildman–Crippen LogP) is -1.34. The van der Waals surface area contributed by atoms with E-state index in [2.05, 4.69) is 11.5 Å². The third-order valence-electron chi connectivity index (χ3n) is 3.32. The predicted molar refractivity (Wildman–Crippen MR) is 73.8 cm³/mol. The molecule has 122 valence electrons. The molecule has 0 spiro atoms. The lowest BCUT2D eigenvalue weighted by atomic mass is 10.2. The topological polar surface area (TPSA) is 117 Å². The lowest BCUT2D eigenvalue weighted by molar-refractivity contribution is -0.368. The summed E-state index contributed by atoms with van der Waals surface area (Å²) >= 11 is 0. The molecule has 0 saturated carbocycles. The summed E-state index contributed by atoms with van der Waals surface area (Å²) in [4.78, 5) is 22.8. The second-order valence-corrected chi connectivity index (χ2v) is 5.24. The van der Waals surface area contributed by atoms with Gasteiger partial charge >= 0.3 is 11.9 Å². The first kappa shape index (κ1) is 17.9. The number of esters is 2. The Morgan fingerprint density at radius 2 is 1.33 bits per heavy atom. The first-order chi connectivity index (χ1) is 10.2. The van der Waals surface area contributed by atoms with Crippen LogP contribution in [0.15, 0.2) is 0 Å². The van der Waals surface area contributed by atoms with Gasteiger partial charge in [-0.25, -0.2) is 0 Å². The molecule has 0 aliphatic carbocycles. The first-order valence-electron chi connectivity index (χ1n) is 7.71. The van der Waals surface area contributed by atoms with E-state index >= 15 is 0 Å². The molecular weight excluding hydrogens is 276 g/mol. The third kappa shape index (κ3) is 7.99. The quantitative estimate of drug-likeness (QED) is 0.485. The summed E-state index contributed by atoms with van der Waals surface area (Å²) < 4.78 is 16.0. The van der Waals surface area contributed by atoms with Crippen LogP contribution in [-0.4, -0.2) is 50.4 Å². The molecule has 1 fully saturated rings. The minimum Gasteiger partial charge on any atom is -0.463 e. The summed E-state index contributed by atoms with van der Waals surface area (Å²) in [5, 5.41) is 0. The van der Waals surface area contributed by atoms with Crippen molar-refractivity contribution >= 4 is 11.9 Å². The average Bonchev–Trinajstić information content (AvgIpc) is 2.94. The zero-order valence-electron chi connectivity index (χ0n) is 12.7. The van der Waals surface area contributed by atoms with Gasteiger partial charge in [0.15, 0.2) is 0 Å². The van der Waals surface area contributed by atoms with Crippen LogP contribution in [0.2, 0.25) is 0 Å². The summed E-state index contributed by atoms with van der Waals surface area (Å²) in [5.41, 5.74) is 7.36. The number of ether oxygens (including phenoxy) is 3. The molecule has 0 bridgehead atoms. The number of hydrogen-bond donors (Lipinski definition) is 2. The Bertz CT molecular complexity index is 294. The standard InChI is InChI=1S/C14H26N2O5/c15-7-1-3-13(17)19-9-11-5-6-12(21-11)10-20-14(18)4-2-8-16/h11-12H,1-10,15-16H2/p+2/t11-,12-/m0/s1. The van der Waals surface area contributed by atoms with Crippen molar-refractivity contribution in [1.82, 2.24) is 0 Å². The zero-order valence-corrected chi connectivity index (χ0v) is 12.7. The maximum atomic E-state index is 11.4. The van der Waals surface area contributed by atoms with Crippen LogP contribution < -0.4 is 11.5 Å². The molecule has 0 aromatic rings. The highest BCUT2D eigenvalue weighted by molar-refractivity contribution is 5.69. The van der Waals surface area contributed by atoms with Crippen molar-refractivity contribution in [1.29, 1.82) is 0 Å². The Morgan fingerprint density at radius 1 is 0.905 bits per heavy atom. The molecule has 21 heavy (non-hydrogen) atoms. The van der Waals surface area contributed by atoms with E-state index < -0.39 is 0 Å². The number of hydrogen-bond acceptors (Lipinski definition) is 5. The van der Waals surface area contributed by atoms with E-state index in [1.807, 2.05) is 0 Å². The smallest absolute Gasteiger partial charge is 0.306 e. The van der Waals surface area contributed by atoms with Gasteiger partial charge in [0.25, 0.3) is 0 Å². The lowest BCUT2D eigenvalue weighted by Crippen LogP contribution is -2.50. The fourth-order valence-electron chi connectivity index (χ4n) is 2.08. The van der Waals surface area contributed by atoms with E-state index in [-0.39, 0.29) is 37.4 Å². The van der Waals surface area contributed by atoms with Gasteiger partial charge in [-0.1, -0.05) is 0 Å². The van der Waals surface area contributed by atoms with E-state index in [1.54, 1.807) is 0 Å². The summed E-state index contributed by atoms with van der Waals surface area (Å²) in [5.74, 6) is -0.407. The molecular formula is C14H28N2O5+2. The van der Waals surface area contributed by atoms with Gasteiger partial charge in [0.1, 0.15) is 13.2 Å². The van der Waals surface area contributed by atoms with Crippen LogP contribution in [0.4, 0.5) is 0 Å². The van der Waals surface area contributed by atoms with Crippen LogP contribution >= 0.6 is 0 Å². The first-order valence-corrected chi connectivity index (χ1v) is 7.71. The molecule has 0 aromatic heterocycles. The third-order valence-corrected chi connectivity index (χ3v) is 3.32. The van der Waals surface area contributed by atoms with Crippen LogP contribution in [0.25, 0.3) is 0 Å². The van der Waals surface area contributed by atoms with Gasteiger partial charge in [-0.3, -0.25) is 9.59 Å². The fraction of sp³-hybridized carbons (Fsp3) is 0.857. The van der Waals surface area contributed by atoms with Gasteiger partial charge in [-0.05, 0) is 12.8 Å². The van der Waals surface area contributed by atoms with E-state index in [0.29, 0.717) is 12.8 Å². The molecule has 1 aliphatic rings. The summed E-state index contributed by atoms with van der Waals surface area (Å²) in [7, 11) is 0. The number of carbonyl (C=O) groups excluding carboxylic acids is 2. The minimum absolute atomic E-state index is 0.0859. The Hall–Kier alpha value is -1.18. The van der Waals surface area contributed by atoms with Crippen LogP contribution in [0.5, 0.6) is 0 Å². The van der Waals surface area contributed by atoms with Crippen molar-refractivity contribution in [3.8, 4) is 0 Å². The Morgan fingerprint density at radius 3 is 1.71 bits per heavy atom. The Balaban J connectivity index is 2.09. The summed E-state index contributed by atoms with van der Waals surface area (Å²) in [6.07, 6.45) is 3.78. The highest BCUT2D eigenvalue weighted by Gasteiger charge is 2.27. The summed E-state index contributed by atoms with van der Waals surface area (Å²) in [6, 6.07) is 0. The van der Waals surface area contributed by atoms with Crippen LogP contribution in [0.1, 0.15) is 38.5 Å². The van der Waals surface area contributed by atoms with Crippen molar-refractivity contribution in [3.63, 3.8) is 0 Å². The van der Waals surface area contributed by atoms with Crippen molar-refractivity contribution in [3.05, 3.63) is 0 Å². The van der Waals surface area contributed by atoms with Crippen molar-refractivity contribution in [2.24, 2.45) is 0 Å². The second kappa shape index (κ2) is 10.5. The van der Waals surface area contributed by atoms with Gasteiger partial charge in [-0.15, -0.1) is 0 Å². The highest BCUT2D eigenvalue weighted by Crippen LogP contribution is 2.20. The Kier molecular flexibility index (Phi) is 8.96. The molecule has 0 radical (unpaired) electrons. The number of carbonyl (C=O) groups is 2. The maximum absolute atomic E-state index is 11.4. The molecule has 1 heterocycles. The van der Waals surface area contributed by atoms with Gasteiger partial charge in [0.05, 0.1) is 38.1 Å². The zero-order chi connectivity index (χ0) is 15.5. The van der Waals surface area contributed by atoms with E-state index in [1.165, 1.54) is 0 Å². The maximum Gasteiger partial charge on any atom is 0.306 e. The molecule has 1 saturated heterocycles. The van der Waals surface area contributed by atoms with Crippen molar-refractivity contribution in [2.45, 2.75) is 50.7 Å². The molecule has 7 heteroatoms. The number of rotatable bonds is 10. The van der Waals surface area contributed by atoms with Crippen LogP contribution in [-0.2, 0) is 23.8 Å². The molecule has 0 amide bonds. The molecule has 0 aromatic carbocycles. The van der Waals surface area contributed by atoms with Crippen LogP contribution in [0.3, 0.4) is 0 Å². The molecule has 7 nitrogen and oxygen atoms in total. The molecule has 1 rings (SSSR count). The van der Waals surface area contributed by atoms with E-state index in [0.717, 1.165) is 38.8 Å². The normalized spacial score (nSPS) is 21.2. The van der Waals surface area contributed by atoms with Gasteiger partial charge < -0.3 is 25.7 Å². The van der Waals surface area contributed by atoms with Gasteiger partial charge in [0, 0.05) is 12.8 Å². The lowest BCUT2D eigenvalue weighted by Gasteiger charge is -2.14. The van der Waals surface area contributed by atoms with Crippen molar-refractivity contribution in [2.75, 3.05) is 26.3 Å². The average molecular weight is 304 g/mol. The van der Waals surface area contributed by atoms with Gasteiger partial charge in [0.2, 0.25) is 0 Å². The fourth-order valence-corrected chi connectivity index (χ4v) is 2.08. The van der Waals surface area contributed by atoms with Crippen LogP contribution in [0, 0.1) is 0 Å². The Labute approximate surface area is 125 Å².